The Labute approximate surface area is 115 Å². The third-order valence-electron chi connectivity index (χ3n) is 3.22. The van der Waals surface area contributed by atoms with Crippen LogP contribution < -0.4 is 10.1 Å². The van der Waals surface area contributed by atoms with Crippen molar-refractivity contribution in [2.45, 2.75) is 26.8 Å². The van der Waals surface area contributed by atoms with E-state index in [0.29, 0.717) is 6.04 Å². The van der Waals surface area contributed by atoms with Gasteiger partial charge in [0.1, 0.15) is 11.5 Å². The SMILES string of the molecule is CNC(C)c1cccc(Oc2cc(C)cc(C)c2)c1. The standard InChI is InChI=1S/C17H21NO/c1-12-8-13(2)10-17(9-12)19-16-7-5-6-15(11-16)14(3)18-4/h5-11,14,18H,1-4H3. The van der Waals surface area contributed by atoms with E-state index in [0.717, 1.165) is 11.5 Å². The van der Waals surface area contributed by atoms with Gasteiger partial charge in [0.05, 0.1) is 0 Å². The highest BCUT2D eigenvalue weighted by atomic mass is 16.5. The fourth-order valence-corrected chi connectivity index (χ4v) is 2.14. The van der Waals surface area contributed by atoms with E-state index in [4.69, 9.17) is 4.74 Å². The molecule has 0 saturated carbocycles. The van der Waals surface area contributed by atoms with Crippen molar-refractivity contribution in [3.8, 4) is 11.5 Å². The molecule has 19 heavy (non-hydrogen) atoms. The average molecular weight is 255 g/mol. The normalized spacial score (nSPS) is 12.2. The molecule has 0 aliphatic carbocycles. The molecule has 100 valence electrons. The molecule has 0 spiro atoms. The van der Waals surface area contributed by atoms with Gasteiger partial charge in [-0.25, -0.2) is 0 Å². The van der Waals surface area contributed by atoms with Crippen LogP contribution in [0.1, 0.15) is 29.7 Å². The van der Waals surface area contributed by atoms with Crippen molar-refractivity contribution < 1.29 is 4.74 Å². The number of rotatable bonds is 4. The predicted molar refractivity (Wildman–Crippen MR) is 79.9 cm³/mol. The lowest BCUT2D eigenvalue weighted by Crippen LogP contribution is -2.11. The van der Waals surface area contributed by atoms with Crippen LogP contribution in [0.2, 0.25) is 0 Å². The Kier molecular flexibility index (Phi) is 4.23. The molecule has 2 heteroatoms. The van der Waals surface area contributed by atoms with Crippen molar-refractivity contribution in [3.63, 3.8) is 0 Å². The van der Waals surface area contributed by atoms with Gasteiger partial charge in [-0.05, 0) is 68.8 Å². The molecule has 1 N–H and O–H groups in total. The first kappa shape index (κ1) is 13.6. The quantitative estimate of drug-likeness (QED) is 0.875. The second kappa shape index (κ2) is 5.89. The van der Waals surface area contributed by atoms with Gasteiger partial charge in [0.2, 0.25) is 0 Å². The highest BCUT2D eigenvalue weighted by molar-refractivity contribution is 5.38. The number of hydrogen-bond acceptors (Lipinski definition) is 2. The van der Waals surface area contributed by atoms with E-state index in [1.807, 2.05) is 19.2 Å². The van der Waals surface area contributed by atoms with Crippen LogP contribution in [0.15, 0.2) is 42.5 Å². The van der Waals surface area contributed by atoms with Crippen molar-refractivity contribution in [3.05, 3.63) is 59.2 Å². The fraction of sp³-hybridized carbons (Fsp3) is 0.294. The molecule has 2 aromatic carbocycles. The Balaban J connectivity index is 2.23. The first-order valence-electron chi connectivity index (χ1n) is 6.62. The summed E-state index contributed by atoms with van der Waals surface area (Å²) in [5.41, 5.74) is 3.66. The zero-order valence-corrected chi connectivity index (χ0v) is 12.0. The van der Waals surface area contributed by atoms with E-state index in [1.54, 1.807) is 0 Å². The summed E-state index contributed by atoms with van der Waals surface area (Å²) < 4.78 is 5.95. The topological polar surface area (TPSA) is 21.3 Å². The summed E-state index contributed by atoms with van der Waals surface area (Å²) in [6.45, 7) is 6.30. The number of aryl methyl sites for hydroxylation is 2. The molecule has 0 aliphatic heterocycles. The van der Waals surface area contributed by atoms with Crippen LogP contribution in [0, 0.1) is 13.8 Å². The van der Waals surface area contributed by atoms with Crippen LogP contribution in [0.4, 0.5) is 0 Å². The van der Waals surface area contributed by atoms with Crippen LogP contribution >= 0.6 is 0 Å². The second-order valence-corrected chi connectivity index (χ2v) is 5.01. The third-order valence-corrected chi connectivity index (χ3v) is 3.22. The molecule has 0 aliphatic rings. The van der Waals surface area contributed by atoms with E-state index in [2.05, 4.69) is 56.4 Å². The summed E-state index contributed by atoms with van der Waals surface area (Å²) in [6.07, 6.45) is 0. The minimum Gasteiger partial charge on any atom is -0.457 e. The number of hydrogen-bond donors (Lipinski definition) is 1. The van der Waals surface area contributed by atoms with Gasteiger partial charge in [-0.3, -0.25) is 0 Å². The Bertz CT molecular complexity index is 543. The molecule has 2 aromatic rings. The van der Waals surface area contributed by atoms with E-state index >= 15 is 0 Å². The summed E-state index contributed by atoms with van der Waals surface area (Å²) in [6, 6.07) is 14.8. The zero-order chi connectivity index (χ0) is 13.8. The van der Waals surface area contributed by atoms with Gasteiger partial charge in [-0.15, -0.1) is 0 Å². The molecular formula is C17H21NO. The van der Waals surface area contributed by atoms with Gasteiger partial charge < -0.3 is 10.1 Å². The maximum Gasteiger partial charge on any atom is 0.127 e. The predicted octanol–water partition coefficient (Wildman–Crippen LogP) is 4.38. The van der Waals surface area contributed by atoms with Crippen LogP contribution in [0.5, 0.6) is 11.5 Å². The molecule has 0 saturated heterocycles. The van der Waals surface area contributed by atoms with Crippen molar-refractivity contribution in [2.24, 2.45) is 0 Å². The Hall–Kier alpha value is -1.80. The number of nitrogens with one attached hydrogen (secondary N) is 1. The summed E-state index contributed by atoms with van der Waals surface area (Å²) in [5.74, 6) is 1.77. The minimum atomic E-state index is 0.322. The van der Waals surface area contributed by atoms with Gasteiger partial charge in [-0.2, -0.15) is 0 Å². The summed E-state index contributed by atoms with van der Waals surface area (Å²) >= 11 is 0. The molecule has 0 aromatic heterocycles. The van der Waals surface area contributed by atoms with Crippen molar-refractivity contribution >= 4 is 0 Å². The highest BCUT2D eigenvalue weighted by Crippen LogP contribution is 2.26. The van der Waals surface area contributed by atoms with Gasteiger partial charge in [0.15, 0.2) is 0 Å². The summed E-state index contributed by atoms with van der Waals surface area (Å²) in [5, 5.41) is 3.23. The number of ether oxygens (including phenoxy) is 1. The lowest BCUT2D eigenvalue weighted by Gasteiger charge is -2.13. The van der Waals surface area contributed by atoms with Crippen LogP contribution in [-0.2, 0) is 0 Å². The molecule has 0 heterocycles. The molecule has 1 unspecified atom stereocenters. The van der Waals surface area contributed by atoms with Crippen molar-refractivity contribution in [1.29, 1.82) is 0 Å². The Morgan fingerprint density at radius 1 is 0.947 bits per heavy atom. The third kappa shape index (κ3) is 3.58. The Morgan fingerprint density at radius 3 is 2.26 bits per heavy atom. The Morgan fingerprint density at radius 2 is 1.63 bits per heavy atom. The van der Waals surface area contributed by atoms with E-state index in [9.17, 15) is 0 Å². The maximum atomic E-state index is 5.95. The number of benzene rings is 2. The fourth-order valence-electron chi connectivity index (χ4n) is 2.14. The molecule has 0 bridgehead atoms. The van der Waals surface area contributed by atoms with Gasteiger partial charge in [0.25, 0.3) is 0 Å². The van der Waals surface area contributed by atoms with Crippen LogP contribution in [0.3, 0.4) is 0 Å². The molecule has 2 rings (SSSR count). The average Bonchev–Trinajstić information content (AvgIpc) is 2.37. The van der Waals surface area contributed by atoms with Crippen molar-refractivity contribution in [2.75, 3.05) is 7.05 Å². The van der Waals surface area contributed by atoms with Crippen LogP contribution in [-0.4, -0.2) is 7.05 Å². The molecule has 2 nitrogen and oxygen atoms in total. The summed E-state index contributed by atoms with van der Waals surface area (Å²) in [4.78, 5) is 0. The van der Waals surface area contributed by atoms with Gasteiger partial charge >= 0.3 is 0 Å². The lowest BCUT2D eigenvalue weighted by atomic mass is 10.1. The van der Waals surface area contributed by atoms with E-state index in [-0.39, 0.29) is 0 Å². The molecule has 0 radical (unpaired) electrons. The van der Waals surface area contributed by atoms with E-state index in [1.165, 1.54) is 16.7 Å². The summed E-state index contributed by atoms with van der Waals surface area (Å²) in [7, 11) is 1.96. The molecule has 1 atom stereocenters. The second-order valence-electron chi connectivity index (χ2n) is 5.01. The highest BCUT2D eigenvalue weighted by Gasteiger charge is 2.05. The van der Waals surface area contributed by atoms with Crippen molar-refractivity contribution in [1.82, 2.24) is 5.32 Å². The molecular weight excluding hydrogens is 234 g/mol. The largest absolute Gasteiger partial charge is 0.457 e. The zero-order valence-electron chi connectivity index (χ0n) is 12.0. The van der Waals surface area contributed by atoms with Crippen LogP contribution in [0.25, 0.3) is 0 Å². The van der Waals surface area contributed by atoms with Gasteiger partial charge in [0, 0.05) is 6.04 Å². The smallest absolute Gasteiger partial charge is 0.127 e. The maximum absolute atomic E-state index is 5.95. The minimum absolute atomic E-state index is 0.322. The van der Waals surface area contributed by atoms with E-state index < -0.39 is 0 Å². The first-order valence-corrected chi connectivity index (χ1v) is 6.62. The molecule has 0 amide bonds. The molecule has 0 fully saturated rings. The van der Waals surface area contributed by atoms with Gasteiger partial charge in [-0.1, -0.05) is 18.2 Å². The monoisotopic (exact) mass is 255 g/mol. The lowest BCUT2D eigenvalue weighted by molar-refractivity contribution is 0.480. The first-order chi connectivity index (χ1) is 9.08.